The van der Waals surface area contributed by atoms with E-state index in [4.69, 9.17) is 0 Å². The van der Waals surface area contributed by atoms with Gasteiger partial charge in [0.2, 0.25) is 5.91 Å². The summed E-state index contributed by atoms with van der Waals surface area (Å²) in [7, 11) is 0. The summed E-state index contributed by atoms with van der Waals surface area (Å²) >= 11 is 1.68. The van der Waals surface area contributed by atoms with Gasteiger partial charge in [0.25, 0.3) is 0 Å². The van der Waals surface area contributed by atoms with Crippen LogP contribution in [-0.4, -0.2) is 55.0 Å². The number of nitrogens with zero attached hydrogens (tertiary/aromatic N) is 2. The summed E-state index contributed by atoms with van der Waals surface area (Å²) in [5.41, 5.74) is 1.24. The molecule has 0 unspecified atom stereocenters. The minimum absolute atomic E-state index is 0.117. The summed E-state index contributed by atoms with van der Waals surface area (Å²) in [6, 6.07) is 14.4. The van der Waals surface area contributed by atoms with Crippen molar-refractivity contribution in [1.82, 2.24) is 15.1 Å². The van der Waals surface area contributed by atoms with Crippen molar-refractivity contribution in [2.24, 2.45) is 0 Å². The molecule has 1 N–H and O–H groups in total. The minimum Gasteiger partial charge on any atom is -0.350 e. The van der Waals surface area contributed by atoms with E-state index in [1.807, 2.05) is 23.6 Å². The second-order valence-corrected chi connectivity index (χ2v) is 7.28. The molecule has 1 saturated heterocycles. The predicted molar refractivity (Wildman–Crippen MR) is 105 cm³/mol. The maximum absolute atomic E-state index is 12.0. The molecule has 0 atom stereocenters. The van der Waals surface area contributed by atoms with Gasteiger partial charge in [0, 0.05) is 37.6 Å². The Morgan fingerprint density at radius 2 is 1.80 bits per heavy atom. The van der Waals surface area contributed by atoms with E-state index in [9.17, 15) is 4.79 Å². The molecule has 1 fully saturated rings. The largest absolute Gasteiger partial charge is 0.350 e. The van der Waals surface area contributed by atoms with Crippen LogP contribution in [-0.2, 0) is 11.3 Å². The van der Waals surface area contributed by atoms with Crippen molar-refractivity contribution < 1.29 is 4.79 Å². The van der Waals surface area contributed by atoms with Gasteiger partial charge in [-0.1, -0.05) is 48.6 Å². The van der Waals surface area contributed by atoms with Crippen LogP contribution >= 0.6 is 11.3 Å². The van der Waals surface area contributed by atoms with Crippen LogP contribution in [0.5, 0.6) is 0 Å². The number of carbonyl (C=O) groups is 1. The first kappa shape index (κ1) is 17.9. The van der Waals surface area contributed by atoms with Crippen LogP contribution in [0.25, 0.3) is 6.08 Å². The molecule has 4 nitrogen and oxygen atoms in total. The molecule has 1 amide bonds. The van der Waals surface area contributed by atoms with Gasteiger partial charge in [-0.25, -0.2) is 0 Å². The Labute approximate surface area is 153 Å². The second kappa shape index (κ2) is 9.51. The molecule has 1 aromatic heterocycles. The molecule has 2 heterocycles. The normalized spacial score (nSPS) is 16.3. The third kappa shape index (κ3) is 6.12. The van der Waals surface area contributed by atoms with Gasteiger partial charge in [-0.2, -0.15) is 0 Å². The summed E-state index contributed by atoms with van der Waals surface area (Å²) < 4.78 is 0. The summed E-state index contributed by atoms with van der Waals surface area (Å²) in [5, 5.41) is 5.04. The molecule has 25 heavy (non-hydrogen) atoms. The second-order valence-electron chi connectivity index (χ2n) is 6.25. The highest BCUT2D eigenvalue weighted by Gasteiger charge is 2.17. The SMILES string of the molecule is O=C(CN1CCN(C/C=C/c2ccccc2)CC1)NCc1cccs1. The maximum atomic E-state index is 12.0. The van der Waals surface area contributed by atoms with Crippen LogP contribution in [0.1, 0.15) is 10.4 Å². The van der Waals surface area contributed by atoms with Crippen LogP contribution in [0.15, 0.2) is 53.9 Å². The van der Waals surface area contributed by atoms with Gasteiger partial charge in [-0.15, -0.1) is 11.3 Å². The van der Waals surface area contributed by atoms with E-state index in [0.29, 0.717) is 13.1 Å². The Balaban J connectivity index is 1.33. The average Bonchev–Trinajstić information content (AvgIpc) is 3.16. The maximum Gasteiger partial charge on any atom is 0.234 e. The highest BCUT2D eigenvalue weighted by Crippen LogP contribution is 2.08. The number of rotatable bonds is 7. The molecule has 2 aromatic rings. The van der Waals surface area contributed by atoms with Gasteiger partial charge < -0.3 is 5.32 Å². The van der Waals surface area contributed by atoms with Crippen molar-refractivity contribution in [1.29, 1.82) is 0 Å². The van der Waals surface area contributed by atoms with E-state index in [1.54, 1.807) is 11.3 Å². The van der Waals surface area contributed by atoms with Gasteiger partial charge in [0.15, 0.2) is 0 Å². The van der Waals surface area contributed by atoms with Crippen LogP contribution in [0.4, 0.5) is 0 Å². The molecular formula is C20H25N3OS. The van der Waals surface area contributed by atoms with E-state index in [0.717, 1.165) is 32.7 Å². The van der Waals surface area contributed by atoms with Gasteiger partial charge in [0.05, 0.1) is 13.1 Å². The van der Waals surface area contributed by atoms with Crippen LogP contribution in [0, 0.1) is 0 Å². The third-order valence-corrected chi connectivity index (χ3v) is 5.22. The molecule has 0 spiro atoms. The predicted octanol–water partition coefficient (Wildman–Crippen LogP) is 2.70. The molecule has 1 aliphatic rings. The molecule has 0 bridgehead atoms. The van der Waals surface area contributed by atoms with Crippen molar-refractivity contribution in [3.05, 3.63) is 64.4 Å². The van der Waals surface area contributed by atoms with Crippen molar-refractivity contribution in [3.63, 3.8) is 0 Å². The quantitative estimate of drug-likeness (QED) is 0.829. The van der Waals surface area contributed by atoms with Crippen LogP contribution in [0.2, 0.25) is 0 Å². The van der Waals surface area contributed by atoms with Crippen molar-refractivity contribution >= 4 is 23.3 Å². The lowest BCUT2D eigenvalue weighted by molar-refractivity contribution is -0.122. The molecule has 3 rings (SSSR count). The summed E-state index contributed by atoms with van der Waals surface area (Å²) in [5.74, 6) is 0.117. The van der Waals surface area contributed by atoms with Crippen molar-refractivity contribution in [2.75, 3.05) is 39.3 Å². The van der Waals surface area contributed by atoms with E-state index in [-0.39, 0.29) is 5.91 Å². The summed E-state index contributed by atoms with van der Waals surface area (Å²) in [6.07, 6.45) is 4.39. The fourth-order valence-electron chi connectivity index (χ4n) is 2.89. The van der Waals surface area contributed by atoms with Crippen molar-refractivity contribution in [2.45, 2.75) is 6.54 Å². The molecule has 0 radical (unpaired) electrons. The fraction of sp³-hybridized carbons (Fsp3) is 0.350. The molecule has 132 valence electrons. The lowest BCUT2D eigenvalue weighted by Gasteiger charge is -2.33. The Bertz CT molecular complexity index is 662. The van der Waals surface area contributed by atoms with E-state index in [2.05, 4.69) is 51.5 Å². The topological polar surface area (TPSA) is 35.6 Å². The zero-order chi connectivity index (χ0) is 17.3. The van der Waals surface area contributed by atoms with E-state index < -0.39 is 0 Å². The minimum atomic E-state index is 0.117. The monoisotopic (exact) mass is 355 g/mol. The summed E-state index contributed by atoms with van der Waals surface area (Å²) in [4.78, 5) is 17.9. The van der Waals surface area contributed by atoms with Crippen molar-refractivity contribution in [3.8, 4) is 0 Å². The number of nitrogens with one attached hydrogen (secondary N) is 1. The number of piperazine rings is 1. The number of benzene rings is 1. The van der Waals surface area contributed by atoms with E-state index in [1.165, 1.54) is 10.4 Å². The zero-order valence-electron chi connectivity index (χ0n) is 14.4. The fourth-order valence-corrected chi connectivity index (χ4v) is 3.53. The third-order valence-electron chi connectivity index (χ3n) is 4.35. The first-order valence-corrected chi connectivity index (χ1v) is 9.63. The number of amides is 1. The van der Waals surface area contributed by atoms with Gasteiger partial charge in [-0.3, -0.25) is 14.6 Å². The molecular weight excluding hydrogens is 330 g/mol. The number of hydrogen-bond acceptors (Lipinski definition) is 4. The molecule has 5 heteroatoms. The molecule has 0 aliphatic carbocycles. The highest BCUT2D eigenvalue weighted by molar-refractivity contribution is 7.09. The van der Waals surface area contributed by atoms with Gasteiger partial charge >= 0.3 is 0 Å². The molecule has 1 aromatic carbocycles. The van der Waals surface area contributed by atoms with Crippen LogP contribution in [0.3, 0.4) is 0 Å². The first-order valence-electron chi connectivity index (χ1n) is 8.75. The number of carbonyl (C=O) groups excluding carboxylic acids is 1. The molecule has 1 aliphatic heterocycles. The number of hydrogen-bond donors (Lipinski definition) is 1. The number of thiophene rings is 1. The zero-order valence-corrected chi connectivity index (χ0v) is 15.3. The Hall–Kier alpha value is -1.95. The van der Waals surface area contributed by atoms with E-state index >= 15 is 0 Å². The standard InChI is InChI=1S/C20H25N3OS/c24-20(21-16-19-9-5-15-25-19)17-23-13-11-22(12-14-23)10-4-8-18-6-2-1-3-7-18/h1-9,15H,10-14,16-17H2,(H,21,24)/b8-4+. The summed E-state index contributed by atoms with van der Waals surface area (Å²) in [6.45, 7) is 6.03. The Morgan fingerprint density at radius 1 is 1.04 bits per heavy atom. The Kier molecular flexibility index (Phi) is 6.79. The van der Waals surface area contributed by atoms with Gasteiger partial charge in [0.1, 0.15) is 0 Å². The lowest BCUT2D eigenvalue weighted by Crippen LogP contribution is -2.49. The highest BCUT2D eigenvalue weighted by atomic mass is 32.1. The average molecular weight is 356 g/mol. The van der Waals surface area contributed by atoms with Crippen LogP contribution < -0.4 is 5.32 Å². The van der Waals surface area contributed by atoms with Gasteiger partial charge in [-0.05, 0) is 17.0 Å². The first-order chi connectivity index (χ1) is 12.3. The molecule has 0 saturated carbocycles. The smallest absolute Gasteiger partial charge is 0.234 e. The Morgan fingerprint density at radius 3 is 2.52 bits per heavy atom. The lowest BCUT2D eigenvalue weighted by atomic mass is 10.2.